The van der Waals surface area contributed by atoms with Crippen molar-refractivity contribution in [1.29, 1.82) is 0 Å². The van der Waals surface area contributed by atoms with Gasteiger partial charge >= 0.3 is 5.97 Å². The van der Waals surface area contributed by atoms with Crippen molar-refractivity contribution >= 4 is 5.97 Å². The van der Waals surface area contributed by atoms with E-state index in [1.54, 1.807) is 0 Å². The van der Waals surface area contributed by atoms with Gasteiger partial charge in [0.2, 0.25) is 6.29 Å². The minimum atomic E-state index is -0.409. The van der Waals surface area contributed by atoms with Gasteiger partial charge in [-0.3, -0.25) is 4.79 Å². The molecule has 0 aliphatic rings. The summed E-state index contributed by atoms with van der Waals surface area (Å²) in [6.45, 7) is 7.67. The molecule has 0 aromatic rings. The van der Waals surface area contributed by atoms with Crippen LogP contribution in [0.1, 0.15) is 65.7 Å². The lowest BCUT2D eigenvalue weighted by Gasteiger charge is -2.09. The van der Waals surface area contributed by atoms with E-state index in [2.05, 4.69) is 18.8 Å². The Balaban J connectivity index is 3.56. The predicted octanol–water partition coefficient (Wildman–Crippen LogP) is 3.68. The van der Waals surface area contributed by atoms with E-state index in [-0.39, 0.29) is 5.97 Å². The van der Waals surface area contributed by atoms with E-state index in [1.165, 1.54) is 0 Å². The Labute approximate surface area is 129 Å². The van der Waals surface area contributed by atoms with E-state index in [0.717, 1.165) is 38.5 Å². The average Bonchev–Trinajstić information content (AvgIpc) is 2.47. The summed E-state index contributed by atoms with van der Waals surface area (Å²) in [6.07, 6.45) is 5.75. The molecule has 0 amide bonds. The van der Waals surface area contributed by atoms with Crippen molar-refractivity contribution in [2.45, 2.75) is 72.0 Å². The van der Waals surface area contributed by atoms with Crippen molar-refractivity contribution < 1.29 is 19.0 Å². The molecular formula is C17H30O4. The summed E-state index contributed by atoms with van der Waals surface area (Å²) >= 11 is 0. The highest BCUT2D eigenvalue weighted by atomic mass is 16.7. The highest BCUT2D eigenvalue weighted by Gasteiger charge is 2.02. The summed E-state index contributed by atoms with van der Waals surface area (Å²) in [6, 6.07) is 0. The molecule has 0 radical (unpaired) electrons. The summed E-state index contributed by atoms with van der Waals surface area (Å²) in [5.74, 6) is 5.96. The van der Waals surface area contributed by atoms with E-state index >= 15 is 0 Å². The molecule has 0 aliphatic heterocycles. The SMILES string of the molecule is CCCCOC(=O)CCCCCC#CC(OCC)OCC. The first kappa shape index (κ1) is 19.9. The van der Waals surface area contributed by atoms with Gasteiger partial charge in [0.1, 0.15) is 0 Å². The van der Waals surface area contributed by atoms with E-state index in [9.17, 15) is 4.79 Å². The molecular weight excluding hydrogens is 268 g/mol. The first-order chi connectivity index (χ1) is 10.2. The lowest BCUT2D eigenvalue weighted by Crippen LogP contribution is -2.14. The Morgan fingerprint density at radius 2 is 1.71 bits per heavy atom. The predicted molar refractivity (Wildman–Crippen MR) is 83.8 cm³/mol. The third-order valence-corrected chi connectivity index (χ3v) is 2.80. The molecule has 0 spiro atoms. The van der Waals surface area contributed by atoms with Gasteiger partial charge in [0.05, 0.1) is 6.61 Å². The van der Waals surface area contributed by atoms with Crippen LogP contribution < -0.4 is 0 Å². The molecule has 0 aliphatic carbocycles. The maximum absolute atomic E-state index is 11.4. The number of hydrogen-bond acceptors (Lipinski definition) is 4. The van der Waals surface area contributed by atoms with Gasteiger partial charge < -0.3 is 14.2 Å². The second-order valence-electron chi connectivity index (χ2n) is 4.70. The van der Waals surface area contributed by atoms with Crippen molar-refractivity contribution in [1.82, 2.24) is 0 Å². The molecule has 0 heterocycles. The zero-order valence-electron chi connectivity index (χ0n) is 13.8. The molecule has 21 heavy (non-hydrogen) atoms. The quantitative estimate of drug-likeness (QED) is 0.239. The van der Waals surface area contributed by atoms with Gasteiger partial charge in [0.15, 0.2) is 0 Å². The van der Waals surface area contributed by atoms with Crippen LogP contribution in [0.2, 0.25) is 0 Å². The normalized spacial score (nSPS) is 10.3. The van der Waals surface area contributed by atoms with E-state index in [4.69, 9.17) is 14.2 Å². The molecule has 0 aromatic carbocycles. The molecule has 0 atom stereocenters. The van der Waals surface area contributed by atoms with Crippen molar-refractivity contribution in [3.63, 3.8) is 0 Å². The molecule has 0 bridgehead atoms. The summed E-state index contributed by atoms with van der Waals surface area (Å²) in [5.41, 5.74) is 0. The van der Waals surface area contributed by atoms with Crippen LogP contribution in [-0.2, 0) is 19.0 Å². The van der Waals surface area contributed by atoms with Crippen molar-refractivity contribution in [2.24, 2.45) is 0 Å². The van der Waals surface area contributed by atoms with Crippen LogP contribution in [0.3, 0.4) is 0 Å². The largest absolute Gasteiger partial charge is 0.466 e. The number of carbonyl (C=O) groups excluding carboxylic acids is 1. The van der Waals surface area contributed by atoms with E-state index in [1.807, 2.05) is 13.8 Å². The standard InChI is InChI=1S/C17H30O4/c1-4-7-15-21-16(18)13-11-9-8-10-12-14-17(19-5-2)20-6-3/h17H,4-11,13,15H2,1-3H3. The molecule has 4 nitrogen and oxygen atoms in total. The minimum absolute atomic E-state index is 0.0812. The van der Waals surface area contributed by atoms with Gasteiger partial charge in [0, 0.05) is 26.1 Å². The molecule has 0 saturated heterocycles. The molecule has 122 valence electrons. The van der Waals surface area contributed by atoms with Gasteiger partial charge in [-0.15, -0.1) is 0 Å². The number of rotatable bonds is 12. The number of unbranched alkanes of at least 4 members (excludes halogenated alkanes) is 4. The zero-order valence-corrected chi connectivity index (χ0v) is 13.8. The molecule has 0 saturated carbocycles. The number of esters is 1. The molecule has 0 rings (SSSR count). The monoisotopic (exact) mass is 298 g/mol. The molecule has 4 heteroatoms. The van der Waals surface area contributed by atoms with Crippen LogP contribution in [0.4, 0.5) is 0 Å². The van der Waals surface area contributed by atoms with Crippen LogP contribution in [0, 0.1) is 11.8 Å². The zero-order chi connectivity index (χ0) is 15.8. The van der Waals surface area contributed by atoms with Crippen LogP contribution >= 0.6 is 0 Å². The first-order valence-corrected chi connectivity index (χ1v) is 8.11. The Hall–Kier alpha value is -1.05. The summed E-state index contributed by atoms with van der Waals surface area (Å²) in [7, 11) is 0. The number of hydrogen-bond donors (Lipinski definition) is 0. The second kappa shape index (κ2) is 15.3. The fourth-order valence-electron chi connectivity index (χ4n) is 1.65. The van der Waals surface area contributed by atoms with Crippen molar-refractivity contribution in [3.8, 4) is 11.8 Å². The lowest BCUT2D eigenvalue weighted by atomic mass is 10.1. The Bertz CT molecular complexity index is 298. The van der Waals surface area contributed by atoms with Crippen LogP contribution in [0.5, 0.6) is 0 Å². The maximum atomic E-state index is 11.4. The summed E-state index contributed by atoms with van der Waals surface area (Å²) in [4.78, 5) is 11.4. The Morgan fingerprint density at radius 3 is 2.33 bits per heavy atom. The smallest absolute Gasteiger partial charge is 0.305 e. The average molecular weight is 298 g/mol. The first-order valence-electron chi connectivity index (χ1n) is 8.11. The van der Waals surface area contributed by atoms with Gasteiger partial charge in [-0.25, -0.2) is 0 Å². The third kappa shape index (κ3) is 13.7. The minimum Gasteiger partial charge on any atom is -0.466 e. The van der Waals surface area contributed by atoms with Crippen LogP contribution in [0.15, 0.2) is 0 Å². The summed E-state index contributed by atoms with van der Waals surface area (Å²) < 4.78 is 15.8. The molecule has 0 N–H and O–H groups in total. The summed E-state index contributed by atoms with van der Waals surface area (Å²) in [5, 5.41) is 0. The Morgan fingerprint density at radius 1 is 1.00 bits per heavy atom. The van der Waals surface area contributed by atoms with Gasteiger partial charge in [-0.1, -0.05) is 25.7 Å². The Kier molecular flexibility index (Phi) is 14.6. The van der Waals surface area contributed by atoms with Crippen molar-refractivity contribution in [3.05, 3.63) is 0 Å². The number of ether oxygens (including phenoxy) is 3. The fraction of sp³-hybridized carbons (Fsp3) is 0.824. The topological polar surface area (TPSA) is 44.8 Å². The van der Waals surface area contributed by atoms with Gasteiger partial charge in [-0.2, -0.15) is 0 Å². The third-order valence-electron chi connectivity index (χ3n) is 2.80. The van der Waals surface area contributed by atoms with Crippen LogP contribution in [-0.4, -0.2) is 32.1 Å². The molecule has 0 unspecified atom stereocenters. The van der Waals surface area contributed by atoms with E-state index < -0.39 is 6.29 Å². The van der Waals surface area contributed by atoms with Crippen LogP contribution in [0.25, 0.3) is 0 Å². The van der Waals surface area contributed by atoms with Crippen molar-refractivity contribution in [2.75, 3.05) is 19.8 Å². The maximum Gasteiger partial charge on any atom is 0.305 e. The highest BCUT2D eigenvalue weighted by molar-refractivity contribution is 5.69. The fourth-order valence-corrected chi connectivity index (χ4v) is 1.65. The van der Waals surface area contributed by atoms with E-state index in [0.29, 0.717) is 26.2 Å². The van der Waals surface area contributed by atoms with Gasteiger partial charge in [-0.05, 0) is 39.0 Å². The molecule has 0 fully saturated rings. The second-order valence-corrected chi connectivity index (χ2v) is 4.70. The molecule has 0 aromatic heterocycles. The van der Waals surface area contributed by atoms with Gasteiger partial charge in [0.25, 0.3) is 0 Å². The highest BCUT2D eigenvalue weighted by Crippen LogP contribution is 2.04. The lowest BCUT2D eigenvalue weighted by molar-refractivity contribution is -0.143. The number of carbonyl (C=O) groups is 1.